The van der Waals surface area contributed by atoms with Gasteiger partial charge < -0.3 is 4.42 Å². The lowest BCUT2D eigenvalue weighted by Crippen LogP contribution is -2.41. The number of furan rings is 1. The lowest BCUT2D eigenvalue weighted by Gasteiger charge is -2.35. The summed E-state index contributed by atoms with van der Waals surface area (Å²) >= 11 is 0. The van der Waals surface area contributed by atoms with Gasteiger partial charge >= 0.3 is 0 Å². The van der Waals surface area contributed by atoms with Gasteiger partial charge in [0.15, 0.2) is 0 Å². The number of hydrogen-bond donors (Lipinski definition) is 0. The van der Waals surface area contributed by atoms with Crippen molar-refractivity contribution >= 4 is 0 Å². The van der Waals surface area contributed by atoms with E-state index in [-0.39, 0.29) is 0 Å². The van der Waals surface area contributed by atoms with E-state index in [1.54, 1.807) is 11.8 Å². The van der Waals surface area contributed by atoms with Gasteiger partial charge in [0.25, 0.3) is 0 Å². The molecule has 1 aromatic carbocycles. The number of hydrogen-bond acceptors (Lipinski definition) is 2. The first kappa shape index (κ1) is 13.1. The van der Waals surface area contributed by atoms with Crippen LogP contribution >= 0.6 is 0 Å². The number of likely N-dealkylation sites (tertiary alicyclic amines) is 1. The molecule has 2 atom stereocenters. The van der Waals surface area contributed by atoms with Crippen LogP contribution in [0.5, 0.6) is 0 Å². The van der Waals surface area contributed by atoms with E-state index in [1.165, 1.54) is 55.3 Å². The zero-order valence-corrected chi connectivity index (χ0v) is 12.7. The normalized spacial score (nSPS) is 26.0. The lowest BCUT2D eigenvalue weighted by atomic mass is 9.85. The van der Waals surface area contributed by atoms with E-state index in [9.17, 15) is 0 Å². The van der Waals surface area contributed by atoms with Crippen LogP contribution in [-0.2, 0) is 12.8 Å². The van der Waals surface area contributed by atoms with Gasteiger partial charge in [0.1, 0.15) is 0 Å². The molecule has 21 heavy (non-hydrogen) atoms. The monoisotopic (exact) mass is 281 g/mol. The summed E-state index contributed by atoms with van der Waals surface area (Å²) in [6.45, 7) is 3.69. The number of aryl methyl sites for hydroxylation is 1. The SMILES string of the molecule is CC1CCCN1C1CCc2cc(-c3ccoc3)ccc2C1. The molecule has 1 aliphatic heterocycles. The van der Waals surface area contributed by atoms with Crippen molar-refractivity contribution in [1.82, 2.24) is 4.90 Å². The van der Waals surface area contributed by atoms with Gasteiger partial charge in [0.2, 0.25) is 0 Å². The van der Waals surface area contributed by atoms with Crippen molar-refractivity contribution in [2.75, 3.05) is 6.54 Å². The molecule has 2 nitrogen and oxygen atoms in total. The van der Waals surface area contributed by atoms with Gasteiger partial charge in [-0.2, -0.15) is 0 Å². The first-order chi connectivity index (χ1) is 10.3. The van der Waals surface area contributed by atoms with Crippen molar-refractivity contribution in [3.05, 3.63) is 47.9 Å². The Kier molecular flexibility index (Phi) is 3.34. The molecule has 0 amide bonds. The van der Waals surface area contributed by atoms with Crippen LogP contribution in [0.3, 0.4) is 0 Å². The third-order valence-corrected chi connectivity index (χ3v) is 5.34. The number of fused-ring (bicyclic) bond motifs is 1. The second-order valence-electron chi connectivity index (χ2n) is 6.62. The Balaban J connectivity index is 1.56. The van der Waals surface area contributed by atoms with Gasteiger partial charge in [-0.15, -0.1) is 0 Å². The molecule has 1 aliphatic carbocycles. The molecule has 0 bridgehead atoms. The van der Waals surface area contributed by atoms with Crippen LogP contribution in [0.2, 0.25) is 0 Å². The van der Waals surface area contributed by atoms with Crippen molar-refractivity contribution in [2.45, 2.75) is 51.1 Å². The zero-order valence-electron chi connectivity index (χ0n) is 12.7. The summed E-state index contributed by atoms with van der Waals surface area (Å²) in [5, 5.41) is 0. The van der Waals surface area contributed by atoms with E-state index in [4.69, 9.17) is 4.42 Å². The number of rotatable bonds is 2. The Morgan fingerprint density at radius 2 is 2.05 bits per heavy atom. The van der Waals surface area contributed by atoms with Crippen molar-refractivity contribution in [3.63, 3.8) is 0 Å². The van der Waals surface area contributed by atoms with E-state index >= 15 is 0 Å². The Labute approximate surface area is 126 Å². The molecule has 0 N–H and O–H groups in total. The molecular weight excluding hydrogens is 258 g/mol. The van der Waals surface area contributed by atoms with E-state index in [0.29, 0.717) is 0 Å². The van der Waals surface area contributed by atoms with E-state index in [1.807, 2.05) is 12.3 Å². The number of benzene rings is 1. The molecule has 0 saturated carbocycles. The van der Waals surface area contributed by atoms with Gasteiger partial charge in [-0.3, -0.25) is 4.90 Å². The van der Waals surface area contributed by atoms with Gasteiger partial charge in [-0.1, -0.05) is 18.2 Å². The highest BCUT2D eigenvalue weighted by Crippen LogP contribution is 2.32. The molecular formula is C19H23NO. The Morgan fingerprint density at radius 3 is 2.81 bits per heavy atom. The predicted molar refractivity (Wildman–Crippen MR) is 85.4 cm³/mol. The molecule has 110 valence electrons. The minimum Gasteiger partial charge on any atom is -0.472 e. The van der Waals surface area contributed by atoms with Gasteiger partial charge in [-0.05, 0) is 68.3 Å². The standard InChI is InChI=1S/C19H23NO/c1-14-3-2-9-20(14)19-7-6-15-11-16(4-5-17(15)12-19)18-8-10-21-13-18/h4-5,8,10-11,13-14,19H,2-3,6-7,9,12H2,1H3. The molecule has 1 fully saturated rings. The topological polar surface area (TPSA) is 16.4 Å². The fourth-order valence-corrected chi connectivity index (χ4v) is 4.13. The third-order valence-electron chi connectivity index (χ3n) is 5.34. The fourth-order valence-electron chi connectivity index (χ4n) is 4.13. The van der Waals surface area contributed by atoms with Crippen molar-refractivity contribution in [3.8, 4) is 11.1 Å². The third kappa shape index (κ3) is 2.42. The second kappa shape index (κ2) is 5.34. The van der Waals surface area contributed by atoms with Crippen LogP contribution in [0.4, 0.5) is 0 Å². The molecule has 0 radical (unpaired) electrons. The summed E-state index contributed by atoms with van der Waals surface area (Å²) in [6, 6.07) is 10.5. The fraction of sp³-hybridized carbons (Fsp3) is 0.474. The van der Waals surface area contributed by atoms with Gasteiger partial charge in [-0.25, -0.2) is 0 Å². The Bertz CT molecular complexity index is 617. The maximum Gasteiger partial charge on any atom is 0.0980 e. The second-order valence-corrected chi connectivity index (χ2v) is 6.62. The zero-order chi connectivity index (χ0) is 14.2. The van der Waals surface area contributed by atoms with E-state index < -0.39 is 0 Å². The summed E-state index contributed by atoms with van der Waals surface area (Å²) in [6.07, 6.45) is 10.1. The summed E-state index contributed by atoms with van der Waals surface area (Å²) in [5.74, 6) is 0. The Hall–Kier alpha value is -1.54. The molecule has 0 spiro atoms. The van der Waals surface area contributed by atoms with E-state index in [2.05, 4.69) is 30.0 Å². The Morgan fingerprint density at radius 1 is 1.10 bits per heavy atom. The minimum atomic E-state index is 0.759. The molecule has 2 unspecified atom stereocenters. The molecule has 4 rings (SSSR count). The molecule has 1 aromatic heterocycles. The largest absolute Gasteiger partial charge is 0.472 e. The maximum absolute atomic E-state index is 5.20. The highest BCUT2D eigenvalue weighted by molar-refractivity contribution is 5.64. The highest BCUT2D eigenvalue weighted by Gasteiger charge is 2.30. The van der Waals surface area contributed by atoms with Gasteiger partial charge in [0, 0.05) is 17.6 Å². The number of nitrogens with zero attached hydrogens (tertiary/aromatic N) is 1. The van der Waals surface area contributed by atoms with E-state index in [0.717, 1.165) is 12.1 Å². The highest BCUT2D eigenvalue weighted by atomic mass is 16.3. The average molecular weight is 281 g/mol. The minimum absolute atomic E-state index is 0.759. The summed E-state index contributed by atoms with van der Waals surface area (Å²) < 4.78 is 5.20. The van der Waals surface area contributed by atoms with Crippen LogP contribution < -0.4 is 0 Å². The van der Waals surface area contributed by atoms with Crippen LogP contribution in [0.1, 0.15) is 37.3 Å². The van der Waals surface area contributed by atoms with Crippen molar-refractivity contribution in [2.24, 2.45) is 0 Å². The van der Waals surface area contributed by atoms with Crippen LogP contribution in [-0.4, -0.2) is 23.5 Å². The van der Waals surface area contributed by atoms with Crippen molar-refractivity contribution in [1.29, 1.82) is 0 Å². The summed E-state index contributed by atoms with van der Waals surface area (Å²) in [4.78, 5) is 2.74. The maximum atomic E-state index is 5.20. The first-order valence-electron chi connectivity index (χ1n) is 8.21. The predicted octanol–water partition coefficient (Wildman–Crippen LogP) is 4.29. The lowest BCUT2D eigenvalue weighted by molar-refractivity contribution is 0.174. The van der Waals surface area contributed by atoms with Crippen LogP contribution in [0, 0.1) is 0 Å². The quantitative estimate of drug-likeness (QED) is 0.816. The van der Waals surface area contributed by atoms with Crippen LogP contribution in [0.15, 0.2) is 41.2 Å². The molecule has 2 heterocycles. The molecule has 2 aliphatic rings. The van der Waals surface area contributed by atoms with Gasteiger partial charge in [0.05, 0.1) is 12.5 Å². The smallest absolute Gasteiger partial charge is 0.0980 e. The first-order valence-corrected chi connectivity index (χ1v) is 8.21. The average Bonchev–Trinajstić information content (AvgIpc) is 3.17. The molecule has 1 saturated heterocycles. The summed E-state index contributed by atoms with van der Waals surface area (Å²) in [5.41, 5.74) is 5.57. The summed E-state index contributed by atoms with van der Waals surface area (Å²) in [7, 11) is 0. The molecule has 2 heteroatoms. The molecule has 2 aromatic rings. The van der Waals surface area contributed by atoms with Crippen molar-refractivity contribution < 1.29 is 4.42 Å². The van der Waals surface area contributed by atoms with Crippen LogP contribution in [0.25, 0.3) is 11.1 Å².